The van der Waals surface area contributed by atoms with Crippen molar-refractivity contribution in [3.05, 3.63) is 54.1 Å². The minimum absolute atomic E-state index is 0.111. The number of piperazine rings is 1. The Morgan fingerprint density at radius 2 is 1.30 bits per heavy atom. The highest BCUT2D eigenvalue weighted by Gasteiger charge is 2.33. The van der Waals surface area contributed by atoms with Gasteiger partial charge in [-0.1, -0.05) is 12.1 Å². The quantitative estimate of drug-likeness (QED) is 0.749. The molecule has 1 heterocycles. The molecule has 7 nitrogen and oxygen atoms in total. The summed E-state index contributed by atoms with van der Waals surface area (Å²) in [6.07, 6.45) is 0. The summed E-state index contributed by atoms with van der Waals surface area (Å²) in [5, 5.41) is 0. The van der Waals surface area contributed by atoms with Gasteiger partial charge in [-0.05, 0) is 48.9 Å². The second-order valence-corrected chi connectivity index (χ2v) is 10.2. The van der Waals surface area contributed by atoms with Gasteiger partial charge in [0, 0.05) is 26.2 Å². The van der Waals surface area contributed by atoms with E-state index in [-0.39, 0.29) is 36.0 Å². The van der Waals surface area contributed by atoms with Gasteiger partial charge in [0.1, 0.15) is 5.75 Å². The monoisotopic (exact) mass is 410 g/mol. The van der Waals surface area contributed by atoms with Crippen molar-refractivity contribution >= 4 is 20.0 Å². The van der Waals surface area contributed by atoms with Crippen LogP contribution in [-0.4, -0.2) is 58.7 Å². The van der Waals surface area contributed by atoms with E-state index in [2.05, 4.69) is 0 Å². The van der Waals surface area contributed by atoms with Crippen LogP contribution in [0.3, 0.4) is 0 Å². The maximum absolute atomic E-state index is 12.8. The van der Waals surface area contributed by atoms with Crippen LogP contribution in [0.5, 0.6) is 5.75 Å². The molecule has 1 saturated heterocycles. The van der Waals surface area contributed by atoms with Gasteiger partial charge in [0.15, 0.2) is 0 Å². The van der Waals surface area contributed by atoms with Crippen LogP contribution in [-0.2, 0) is 20.0 Å². The van der Waals surface area contributed by atoms with Gasteiger partial charge < -0.3 is 4.74 Å². The molecule has 0 amide bonds. The average molecular weight is 411 g/mol. The van der Waals surface area contributed by atoms with Crippen molar-refractivity contribution in [3.8, 4) is 5.75 Å². The zero-order chi connectivity index (χ0) is 19.7. The number of methoxy groups -OCH3 is 1. The Hall–Kier alpha value is -1.94. The standard InChI is InChI=1S/C18H22N2O5S2/c1-15-4-3-5-18(14-15)27(23,24)20-12-10-19(11-13-20)26(21,22)17-8-6-16(25-2)7-9-17/h3-9,14H,10-13H2,1-2H3. The molecule has 2 aromatic rings. The lowest BCUT2D eigenvalue weighted by atomic mass is 10.2. The van der Waals surface area contributed by atoms with Gasteiger partial charge in [-0.2, -0.15) is 8.61 Å². The van der Waals surface area contributed by atoms with Crippen LogP contribution in [0.1, 0.15) is 5.56 Å². The molecular weight excluding hydrogens is 388 g/mol. The average Bonchev–Trinajstić information content (AvgIpc) is 2.68. The lowest BCUT2D eigenvalue weighted by molar-refractivity contribution is 0.273. The summed E-state index contributed by atoms with van der Waals surface area (Å²) in [4.78, 5) is 0.396. The Bertz CT molecular complexity index is 1010. The highest BCUT2D eigenvalue weighted by Crippen LogP contribution is 2.23. The first-order valence-electron chi connectivity index (χ1n) is 8.46. The summed E-state index contributed by atoms with van der Waals surface area (Å²) in [5.74, 6) is 0.572. The third-order valence-corrected chi connectivity index (χ3v) is 8.33. The first kappa shape index (κ1) is 19.8. The molecule has 27 heavy (non-hydrogen) atoms. The molecular formula is C18H22N2O5S2. The molecule has 0 spiro atoms. The number of benzene rings is 2. The third-order valence-electron chi connectivity index (χ3n) is 4.52. The first-order chi connectivity index (χ1) is 12.7. The van der Waals surface area contributed by atoms with E-state index in [1.165, 1.54) is 27.9 Å². The predicted molar refractivity (Wildman–Crippen MR) is 102 cm³/mol. The smallest absolute Gasteiger partial charge is 0.243 e. The zero-order valence-electron chi connectivity index (χ0n) is 15.2. The van der Waals surface area contributed by atoms with E-state index in [9.17, 15) is 16.8 Å². The van der Waals surface area contributed by atoms with Crippen LogP contribution in [0, 0.1) is 6.92 Å². The second kappa shape index (κ2) is 7.59. The molecule has 3 rings (SSSR count). The van der Waals surface area contributed by atoms with Crippen LogP contribution in [0.15, 0.2) is 58.3 Å². The summed E-state index contributed by atoms with van der Waals surface area (Å²) in [7, 11) is -5.79. The molecule has 0 aliphatic carbocycles. The summed E-state index contributed by atoms with van der Waals surface area (Å²) >= 11 is 0. The van der Waals surface area contributed by atoms with E-state index in [1.807, 2.05) is 13.0 Å². The third kappa shape index (κ3) is 4.01. The van der Waals surface area contributed by atoms with E-state index >= 15 is 0 Å². The lowest BCUT2D eigenvalue weighted by Crippen LogP contribution is -2.50. The Labute approximate surface area is 160 Å². The van der Waals surface area contributed by atoms with E-state index in [1.54, 1.807) is 30.3 Å². The number of hydrogen-bond donors (Lipinski definition) is 0. The van der Waals surface area contributed by atoms with E-state index < -0.39 is 20.0 Å². The largest absolute Gasteiger partial charge is 0.497 e. The van der Waals surface area contributed by atoms with Crippen molar-refractivity contribution in [1.29, 1.82) is 0 Å². The topological polar surface area (TPSA) is 84.0 Å². The maximum atomic E-state index is 12.8. The van der Waals surface area contributed by atoms with Gasteiger partial charge in [-0.25, -0.2) is 16.8 Å². The molecule has 0 aromatic heterocycles. The zero-order valence-corrected chi connectivity index (χ0v) is 16.8. The van der Waals surface area contributed by atoms with E-state index in [4.69, 9.17) is 4.74 Å². The Kier molecular flexibility index (Phi) is 5.57. The van der Waals surface area contributed by atoms with E-state index in [0.29, 0.717) is 5.75 Å². The fourth-order valence-electron chi connectivity index (χ4n) is 2.97. The summed E-state index contributed by atoms with van der Waals surface area (Å²) < 4.78 is 58.8. The number of rotatable bonds is 5. The number of aryl methyl sites for hydroxylation is 1. The molecule has 0 bridgehead atoms. The number of hydrogen-bond acceptors (Lipinski definition) is 5. The van der Waals surface area contributed by atoms with Gasteiger partial charge in [0.25, 0.3) is 0 Å². The molecule has 2 aromatic carbocycles. The van der Waals surface area contributed by atoms with Gasteiger partial charge in [-0.15, -0.1) is 0 Å². The fraction of sp³-hybridized carbons (Fsp3) is 0.333. The minimum atomic E-state index is -3.67. The lowest BCUT2D eigenvalue weighted by Gasteiger charge is -2.33. The van der Waals surface area contributed by atoms with Gasteiger partial charge in [0.05, 0.1) is 16.9 Å². The van der Waals surface area contributed by atoms with Gasteiger partial charge in [-0.3, -0.25) is 0 Å². The van der Waals surface area contributed by atoms with Crippen molar-refractivity contribution in [3.63, 3.8) is 0 Å². The fourth-order valence-corrected chi connectivity index (χ4v) is 5.92. The number of ether oxygens (including phenoxy) is 1. The molecule has 9 heteroatoms. The second-order valence-electron chi connectivity index (χ2n) is 6.30. The van der Waals surface area contributed by atoms with Crippen molar-refractivity contribution in [2.75, 3.05) is 33.3 Å². The Balaban J connectivity index is 1.74. The molecule has 1 aliphatic rings. The number of sulfonamides is 2. The maximum Gasteiger partial charge on any atom is 0.243 e. The van der Waals surface area contributed by atoms with Crippen molar-refractivity contribution < 1.29 is 21.6 Å². The normalized spacial score (nSPS) is 17.0. The highest BCUT2D eigenvalue weighted by atomic mass is 32.2. The first-order valence-corrected chi connectivity index (χ1v) is 11.3. The van der Waals surface area contributed by atoms with E-state index in [0.717, 1.165) is 5.56 Å². The van der Waals surface area contributed by atoms with Gasteiger partial charge >= 0.3 is 0 Å². The molecule has 146 valence electrons. The molecule has 0 unspecified atom stereocenters. The minimum Gasteiger partial charge on any atom is -0.497 e. The molecule has 1 aliphatic heterocycles. The summed E-state index contributed by atoms with van der Waals surface area (Å²) in [5.41, 5.74) is 0.858. The molecule has 0 saturated carbocycles. The Morgan fingerprint density at radius 3 is 1.78 bits per heavy atom. The molecule has 0 N–H and O–H groups in total. The highest BCUT2D eigenvalue weighted by molar-refractivity contribution is 7.89. The van der Waals surface area contributed by atoms with Crippen LogP contribution in [0.4, 0.5) is 0 Å². The predicted octanol–water partition coefficient (Wildman–Crippen LogP) is 1.70. The van der Waals surface area contributed by atoms with Crippen molar-refractivity contribution in [2.24, 2.45) is 0 Å². The van der Waals surface area contributed by atoms with Crippen LogP contribution in [0.25, 0.3) is 0 Å². The number of nitrogens with zero attached hydrogens (tertiary/aromatic N) is 2. The van der Waals surface area contributed by atoms with Crippen molar-refractivity contribution in [1.82, 2.24) is 8.61 Å². The molecule has 0 radical (unpaired) electrons. The van der Waals surface area contributed by atoms with Crippen molar-refractivity contribution in [2.45, 2.75) is 16.7 Å². The van der Waals surface area contributed by atoms with Crippen LogP contribution < -0.4 is 4.74 Å². The SMILES string of the molecule is COc1ccc(S(=O)(=O)N2CCN(S(=O)(=O)c3cccc(C)c3)CC2)cc1. The Morgan fingerprint density at radius 1 is 0.778 bits per heavy atom. The summed E-state index contributed by atoms with van der Waals surface area (Å²) in [6.45, 7) is 2.29. The molecule has 1 fully saturated rings. The summed E-state index contributed by atoms with van der Waals surface area (Å²) in [6, 6.07) is 12.9. The molecule has 0 atom stereocenters. The van der Waals surface area contributed by atoms with Gasteiger partial charge in [0.2, 0.25) is 20.0 Å². The van der Waals surface area contributed by atoms with Crippen LogP contribution >= 0.6 is 0 Å². The van der Waals surface area contributed by atoms with Crippen LogP contribution in [0.2, 0.25) is 0 Å².